The smallest absolute Gasteiger partial charge is 0.853 e. The molecular formula is C18H26N7O6Rb. The van der Waals surface area contributed by atoms with Crippen LogP contribution < -0.4 is 85.6 Å². The van der Waals surface area contributed by atoms with Gasteiger partial charge < -0.3 is 35.7 Å². The fourth-order valence-corrected chi connectivity index (χ4v) is 3.59. The summed E-state index contributed by atoms with van der Waals surface area (Å²) in [6.45, 7) is 2.99. The third-order valence-corrected chi connectivity index (χ3v) is 5.57. The number of amides is 2. The summed E-state index contributed by atoms with van der Waals surface area (Å²) in [4.78, 5) is 33.0. The number of hydrazine groups is 1. The van der Waals surface area contributed by atoms with E-state index in [-0.39, 0.29) is 86.5 Å². The van der Waals surface area contributed by atoms with E-state index in [1.54, 1.807) is 0 Å². The molecule has 6 unspecified atom stereocenters. The van der Waals surface area contributed by atoms with Gasteiger partial charge in [0.2, 0.25) is 5.91 Å². The van der Waals surface area contributed by atoms with Gasteiger partial charge in [-0.3, -0.25) is 15.4 Å². The van der Waals surface area contributed by atoms with Crippen LogP contribution >= 0.6 is 0 Å². The molecular weight excluding hydrogens is 496 g/mol. The normalized spacial score (nSPS) is 24.7. The molecule has 8 N–H and O–H groups in total. The molecule has 0 bridgehead atoms. The molecule has 3 heterocycles. The maximum absolute atomic E-state index is 12.7. The van der Waals surface area contributed by atoms with Crippen molar-refractivity contribution in [3.05, 3.63) is 18.1 Å². The number of fused-ring (bicyclic) bond motifs is 1. The van der Waals surface area contributed by atoms with Gasteiger partial charge in [-0.2, -0.15) is 0 Å². The molecule has 170 valence electrons. The molecule has 0 spiro atoms. The zero-order chi connectivity index (χ0) is 22.9. The summed E-state index contributed by atoms with van der Waals surface area (Å²) < 4.78 is 6.75. The van der Waals surface area contributed by atoms with Crippen LogP contribution in [0.1, 0.15) is 36.9 Å². The number of carbonyl (C=O) groups excluding carboxylic acids is 2. The van der Waals surface area contributed by atoms with Crippen molar-refractivity contribution in [2.24, 2.45) is 17.5 Å². The maximum atomic E-state index is 12.7. The zero-order valence-corrected chi connectivity index (χ0v) is 23.0. The van der Waals surface area contributed by atoms with E-state index in [4.69, 9.17) is 16.3 Å². The summed E-state index contributed by atoms with van der Waals surface area (Å²) in [6, 6.07) is -0.720. The number of hydrogen-bond donors (Lipinski definition) is 6. The maximum Gasteiger partial charge on any atom is 1.00 e. The van der Waals surface area contributed by atoms with E-state index in [0.717, 1.165) is 6.33 Å². The van der Waals surface area contributed by atoms with Crippen LogP contribution in [0.3, 0.4) is 0 Å². The summed E-state index contributed by atoms with van der Waals surface area (Å²) in [6.07, 6.45) is -2.08. The molecule has 2 amide bonds. The number of hydrogen-bond acceptors (Lipinski definition) is 10. The second-order valence-electron chi connectivity index (χ2n) is 7.47. The number of nitrogens with zero attached hydrogens (tertiary/aromatic N) is 3. The van der Waals surface area contributed by atoms with Crippen LogP contribution in [0.4, 0.5) is 5.82 Å². The number of ether oxygens (including phenoxy) is 1. The van der Waals surface area contributed by atoms with E-state index in [0.29, 0.717) is 6.42 Å². The third-order valence-electron chi connectivity index (χ3n) is 5.57. The fraction of sp³-hybridized carbons (Fsp3) is 0.556. The van der Waals surface area contributed by atoms with Crippen LogP contribution in [0.25, 0.3) is 11.0 Å². The molecule has 14 heteroatoms. The zero-order valence-electron chi connectivity index (χ0n) is 18.1. The molecule has 0 aromatic carbocycles. The van der Waals surface area contributed by atoms with Crippen molar-refractivity contribution in [1.29, 1.82) is 0 Å². The quantitative estimate of drug-likeness (QED) is 0.143. The number of rotatable bonds is 8. The summed E-state index contributed by atoms with van der Waals surface area (Å²) in [5.41, 5.74) is 8.05. The SMILES string of the molecule is CCC(C)C(NN)C(=O)Nc1ncnc2c1c(C(N)=O)cn2C1OC(C[O-])C(O)C1O.[Rb+]. The molecule has 2 aromatic heterocycles. The van der Waals surface area contributed by atoms with Gasteiger partial charge in [-0.15, -0.1) is 6.61 Å². The van der Waals surface area contributed by atoms with Crippen LogP contribution in [0.15, 0.2) is 12.5 Å². The molecule has 1 saturated heterocycles. The van der Waals surface area contributed by atoms with Gasteiger partial charge in [0.15, 0.2) is 6.23 Å². The number of aliphatic hydroxyl groups is 2. The van der Waals surface area contributed by atoms with Gasteiger partial charge in [0.25, 0.3) is 5.91 Å². The Labute approximate surface area is 232 Å². The Bertz CT molecular complexity index is 973. The predicted octanol–water partition coefficient (Wildman–Crippen LogP) is -5.67. The Morgan fingerprint density at radius 2 is 2.03 bits per heavy atom. The van der Waals surface area contributed by atoms with Crippen molar-refractivity contribution in [3.63, 3.8) is 0 Å². The molecule has 0 aliphatic carbocycles. The Morgan fingerprint density at radius 1 is 1.34 bits per heavy atom. The average Bonchev–Trinajstić information content (AvgIpc) is 3.27. The summed E-state index contributed by atoms with van der Waals surface area (Å²) in [7, 11) is 0. The first-order valence-corrected chi connectivity index (χ1v) is 9.77. The van der Waals surface area contributed by atoms with Gasteiger partial charge in [0, 0.05) is 6.20 Å². The predicted molar refractivity (Wildman–Crippen MR) is 106 cm³/mol. The second kappa shape index (κ2) is 11.5. The number of anilines is 1. The standard InChI is InChI=1S/C18H26N7O6.Rb/c1-3-7(2)11(24-20)17(30)23-15-10-8(14(19)29)4-25(16(10)22-6-21-15)18-13(28)12(27)9(5-26)31-18;/h4,6-7,9,11-13,18,24,27-28H,3,5,20H2,1-2H3,(H2,19,29)(H,21,22,23,30);/q-1;+1. The van der Waals surface area contributed by atoms with Gasteiger partial charge in [0.05, 0.1) is 17.1 Å². The molecule has 0 radical (unpaired) electrons. The number of carbonyl (C=O) groups is 2. The molecule has 13 nitrogen and oxygen atoms in total. The Morgan fingerprint density at radius 3 is 2.56 bits per heavy atom. The van der Waals surface area contributed by atoms with Gasteiger partial charge in [-0.05, 0) is 5.92 Å². The van der Waals surface area contributed by atoms with Gasteiger partial charge in [-0.1, -0.05) is 20.3 Å². The first-order chi connectivity index (χ1) is 14.7. The number of nitrogens with two attached hydrogens (primary N) is 2. The second-order valence-corrected chi connectivity index (χ2v) is 7.47. The number of aliphatic hydroxyl groups excluding tert-OH is 2. The largest absolute Gasteiger partial charge is 1.00 e. The molecule has 0 saturated carbocycles. The van der Waals surface area contributed by atoms with E-state index in [1.165, 1.54) is 10.8 Å². The summed E-state index contributed by atoms with van der Waals surface area (Å²) >= 11 is 0. The van der Waals surface area contributed by atoms with Gasteiger partial charge in [0.1, 0.15) is 36.0 Å². The molecule has 1 fully saturated rings. The number of aromatic nitrogens is 3. The number of primary amides is 1. The van der Waals surface area contributed by atoms with Crippen molar-refractivity contribution in [2.75, 3.05) is 11.9 Å². The molecule has 1 aliphatic heterocycles. The van der Waals surface area contributed by atoms with Gasteiger partial charge >= 0.3 is 58.2 Å². The first-order valence-electron chi connectivity index (χ1n) is 9.77. The van der Waals surface area contributed by atoms with E-state index in [9.17, 15) is 24.9 Å². The van der Waals surface area contributed by atoms with Crippen LogP contribution in [0.2, 0.25) is 0 Å². The van der Waals surface area contributed by atoms with E-state index < -0.39 is 49.0 Å². The summed E-state index contributed by atoms with van der Waals surface area (Å²) in [5.74, 6) is 4.14. The van der Waals surface area contributed by atoms with Crippen LogP contribution in [-0.2, 0) is 9.53 Å². The van der Waals surface area contributed by atoms with Crippen LogP contribution in [-0.4, -0.2) is 67.5 Å². The van der Waals surface area contributed by atoms with Gasteiger partial charge in [-0.25, -0.2) is 15.4 Å². The van der Waals surface area contributed by atoms with Crippen molar-refractivity contribution in [2.45, 2.75) is 50.8 Å². The average molecular weight is 522 g/mol. The fourth-order valence-electron chi connectivity index (χ4n) is 3.59. The minimum Gasteiger partial charge on any atom is -0.853 e. The Balaban J connectivity index is 0.00000363. The third kappa shape index (κ3) is 5.11. The molecule has 2 aromatic rings. The van der Waals surface area contributed by atoms with Crippen molar-refractivity contribution < 1.29 is 87.8 Å². The minimum absolute atomic E-state index is 0. The monoisotopic (exact) mass is 521 g/mol. The summed E-state index contributed by atoms with van der Waals surface area (Å²) in [5, 5.41) is 34.3. The molecule has 32 heavy (non-hydrogen) atoms. The molecule has 3 rings (SSSR count). The van der Waals surface area contributed by atoms with Crippen LogP contribution in [0, 0.1) is 5.92 Å². The van der Waals surface area contributed by atoms with Crippen molar-refractivity contribution in [1.82, 2.24) is 20.0 Å². The Kier molecular flexibility index (Phi) is 9.84. The van der Waals surface area contributed by atoms with Crippen molar-refractivity contribution in [3.8, 4) is 0 Å². The van der Waals surface area contributed by atoms with Crippen molar-refractivity contribution >= 4 is 28.7 Å². The molecule has 1 aliphatic rings. The van der Waals surface area contributed by atoms with E-state index >= 15 is 0 Å². The topological polar surface area (TPSA) is 214 Å². The first kappa shape index (κ1) is 27.4. The van der Waals surface area contributed by atoms with E-state index in [1.807, 2.05) is 13.8 Å². The van der Waals surface area contributed by atoms with E-state index in [2.05, 4.69) is 20.7 Å². The Hall–Kier alpha value is -0.875. The minimum atomic E-state index is -1.44. The number of nitrogens with one attached hydrogen (secondary N) is 2. The molecule has 6 atom stereocenters. The van der Waals surface area contributed by atoms with Crippen LogP contribution in [0.5, 0.6) is 0 Å².